The van der Waals surface area contributed by atoms with Gasteiger partial charge in [-0.05, 0) is 81.7 Å². The first-order valence-corrected chi connectivity index (χ1v) is 9.12. The summed E-state index contributed by atoms with van der Waals surface area (Å²) in [5, 5.41) is 3.04. The maximum atomic E-state index is 12.6. The average Bonchev–Trinajstić information content (AvgIpc) is 2.58. The summed E-state index contributed by atoms with van der Waals surface area (Å²) in [5.74, 6) is 0.751. The zero-order chi connectivity index (χ0) is 18.0. The van der Waals surface area contributed by atoms with Crippen LogP contribution in [0.4, 0.5) is 5.69 Å². The Labute approximate surface area is 150 Å². The summed E-state index contributed by atoms with van der Waals surface area (Å²) in [5.41, 5.74) is 6.89. The molecule has 25 heavy (non-hydrogen) atoms. The van der Waals surface area contributed by atoms with E-state index in [1.165, 1.54) is 29.5 Å². The highest BCUT2D eigenvalue weighted by Crippen LogP contribution is 2.30. The monoisotopic (exact) mass is 337 g/mol. The summed E-state index contributed by atoms with van der Waals surface area (Å²) in [6.07, 6.45) is 4.03. The predicted octanol–water partition coefficient (Wildman–Crippen LogP) is 4.90. The van der Waals surface area contributed by atoms with Gasteiger partial charge in [0, 0.05) is 5.69 Å². The second-order valence-electron chi connectivity index (χ2n) is 7.12. The van der Waals surface area contributed by atoms with Gasteiger partial charge in [0.05, 0.1) is 0 Å². The highest BCUT2D eigenvalue weighted by atomic mass is 16.5. The van der Waals surface area contributed by atoms with Gasteiger partial charge in [-0.15, -0.1) is 0 Å². The first-order valence-electron chi connectivity index (χ1n) is 9.12. The zero-order valence-electron chi connectivity index (χ0n) is 15.6. The van der Waals surface area contributed by atoms with Crippen LogP contribution in [0.25, 0.3) is 0 Å². The van der Waals surface area contributed by atoms with E-state index < -0.39 is 6.10 Å². The number of amides is 1. The van der Waals surface area contributed by atoms with Gasteiger partial charge in [-0.25, -0.2) is 0 Å². The Hall–Kier alpha value is -2.29. The van der Waals surface area contributed by atoms with E-state index in [1.807, 2.05) is 32.9 Å². The third-order valence-corrected chi connectivity index (χ3v) is 4.95. The van der Waals surface area contributed by atoms with E-state index in [4.69, 9.17) is 4.74 Å². The van der Waals surface area contributed by atoms with E-state index in [0.717, 1.165) is 35.4 Å². The number of ether oxygens (including phenoxy) is 1. The molecule has 132 valence electrons. The molecule has 1 atom stereocenters. The Morgan fingerprint density at radius 2 is 1.76 bits per heavy atom. The molecule has 2 aromatic rings. The van der Waals surface area contributed by atoms with Gasteiger partial charge in [-0.1, -0.05) is 29.8 Å². The summed E-state index contributed by atoms with van der Waals surface area (Å²) in [6, 6.07) is 10.4. The van der Waals surface area contributed by atoms with Crippen LogP contribution in [0.1, 0.15) is 47.6 Å². The molecule has 0 aliphatic heterocycles. The van der Waals surface area contributed by atoms with Crippen molar-refractivity contribution in [2.75, 3.05) is 5.32 Å². The van der Waals surface area contributed by atoms with E-state index >= 15 is 0 Å². The van der Waals surface area contributed by atoms with Gasteiger partial charge in [-0.3, -0.25) is 4.79 Å². The number of hydrogen-bond acceptors (Lipinski definition) is 2. The van der Waals surface area contributed by atoms with Crippen LogP contribution in [0.2, 0.25) is 0 Å². The lowest BCUT2D eigenvalue weighted by Crippen LogP contribution is -2.31. The Morgan fingerprint density at radius 3 is 2.48 bits per heavy atom. The molecule has 0 bridgehead atoms. The lowest BCUT2D eigenvalue weighted by molar-refractivity contribution is -0.122. The van der Waals surface area contributed by atoms with Crippen molar-refractivity contribution < 1.29 is 9.53 Å². The summed E-state index contributed by atoms with van der Waals surface area (Å²) in [7, 11) is 0. The number of anilines is 1. The molecule has 2 aromatic carbocycles. The van der Waals surface area contributed by atoms with Crippen LogP contribution in [-0.2, 0) is 17.6 Å². The Balaban J connectivity index is 1.74. The summed E-state index contributed by atoms with van der Waals surface area (Å²) in [4.78, 5) is 12.6. The number of benzene rings is 2. The molecule has 0 radical (unpaired) electrons. The Morgan fingerprint density at radius 1 is 1.08 bits per heavy atom. The highest BCUT2D eigenvalue weighted by Gasteiger charge is 2.20. The van der Waals surface area contributed by atoms with Crippen molar-refractivity contribution in [3.8, 4) is 5.75 Å². The van der Waals surface area contributed by atoms with Crippen LogP contribution in [0.5, 0.6) is 5.75 Å². The predicted molar refractivity (Wildman–Crippen MR) is 102 cm³/mol. The van der Waals surface area contributed by atoms with E-state index in [-0.39, 0.29) is 5.91 Å². The maximum Gasteiger partial charge on any atom is 0.265 e. The molecule has 0 fully saturated rings. The molecule has 0 spiro atoms. The van der Waals surface area contributed by atoms with Gasteiger partial charge < -0.3 is 10.1 Å². The summed E-state index contributed by atoms with van der Waals surface area (Å²) >= 11 is 0. The molecule has 3 heteroatoms. The van der Waals surface area contributed by atoms with E-state index in [1.54, 1.807) is 0 Å². The lowest BCUT2D eigenvalue weighted by atomic mass is 9.91. The lowest BCUT2D eigenvalue weighted by Gasteiger charge is -2.22. The third-order valence-electron chi connectivity index (χ3n) is 4.95. The fraction of sp³-hybridized carbons (Fsp3) is 0.409. The molecule has 3 rings (SSSR count). The van der Waals surface area contributed by atoms with Gasteiger partial charge in [0.2, 0.25) is 0 Å². The summed E-state index contributed by atoms with van der Waals surface area (Å²) < 4.78 is 6.04. The molecule has 0 heterocycles. The molecule has 1 amide bonds. The van der Waals surface area contributed by atoms with Crippen molar-refractivity contribution >= 4 is 11.6 Å². The minimum atomic E-state index is -0.534. The number of carbonyl (C=O) groups excluding carboxylic acids is 1. The highest BCUT2D eigenvalue weighted by molar-refractivity contribution is 5.95. The second kappa shape index (κ2) is 7.30. The van der Waals surface area contributed by atoms with E-state index in [2.05, 4.69) is 30.4 Å². The van der Waals surface area contributed by atoms with Crippen LogP contribution >= 0.6 is 0 Å². The number of rotatable bonds is 4. The van der Waals surface area contributed by atoms with Crippen LogP contribution in [0.3, 0.4) is 0 Å². The molecular formula is C22H27NO2. The topological polar surface area (TPSA) is 38.3 Å². The average molecular weight is 337 g/mol. The van der Waals surface area contributed by atoms with E-state index in [0.29, 0.717) is 0 Å². The smallest absolute Gasteiger partial charge is 0.265 e. The molecule has 1 aliphatic rings. The minimum Gasteiger partial charge on any atom is -0.481 e. The van der Waals surface area contributed by atoms with Gasteiger partial charge in [0.1, 0.15) is 5.75 Å². The molecule has 3 nitrogen and oxygen atoms in total. The normalized spacial score (nSPS) is 14.6. The van der Waals surface area contributed by atoms with Crippen molar-refractivity contribution in [1.82, 2.24) is 0 Å². The van der Waals surface area contributed by atoms with Gasteiger partial charge >= 0.3 is 0 Å². The van der Waals surface area contributed by atoms with Crippen LogP contribution in [-0.4, -0.2) is 12.0 Å². The maximum absolute atomic E-state index is 12.6. The van der Waals surface area contributed by atoms with Crippen LogP contribution in [0.15, 0.2) is 30.3 Å². The van der Waals surface area contributed by atoms with Crippen molar-refractivity contribution in [2.45, 2.75) is 59.5 Å². The Kier molecular flexibility index (Phi) is 5.12. The molecule has 1 N–H and O–H groups in total. The fourth-order valence-corrected chi connectivity index (χ4v) is 3.70. The summed E-state index contributed by atoms with van der Waals surface area (Å²) in [6.45, 7) is 7.93. The van der Waals surface area contributed by atoms with Crippen molar-refractivity contribution in [3.63, 3.8) is 0 Å². The van der Waals surface area contributed by atoms with Gasteiger partial charge in [-0.2, -0.15) is 0 Å². The quantitative estimate of drug-likeness (QED) is 0.862. The zero-order valence-corrected chi connectivity index (χ0v) is 15.6. The molecule has 0 aromatic heterocycles. The minimum absolute atomic E-state index is 0.108. The number of aryl methyl sites for hydroxylation is 4. The molecular weight excluding hydrogens is 310 g/mol. The third kappa shape index (κ3) is 3.87. The number of nitrogens with one attached hydrogen (secondary N) is 1. The SMILES string of the molecule is Cc1cc(C)c(NC(=O)[C@H](C)Oc2cccc3c2CCCC3)c(C)c1. The van der Waals surface area contributed by atoms with Crippen LogP contribution in [0, 0.1) is 20.8 Å². The molecule has 1 aliphatic carbocycles. The molecule has 0 unspecified atom stereocenters. The van der Waals surface area contributed by atoms with E-state index in [9.17, 15) is 4.79 Å². The van der Waals surface area contributed by atoms with Crippen molar-refractivity contribution in [3.05, 3.63) is 58.1 Å². The fourth-order valence-electron chi connectivity index (χ4n) is 3.70. The molecule has 0 saturated heterocycles. The van der Waals surface area contributed by atoms with Gasteiger partial charge in [0.15, 0.2) is 6.10 Å². The molecule has 0 saturated carbocycles. The van der Waals surface area contributed by atoms with Crippen molar-refractivity contribution in [1.29, 1.82) is 0 Å². The second-order valence-corrected chi connectivity index (χ2v) is 7.12. The van der Waals surface area contributed by atoms with Gasteiger partial charge in [0.25, 0.3) is 5.91 Å². The van der Waals surface area contributed by atoms with Crippen molar-refractivity contribution in [2.24, 2.45) is 0 Å². The first-order chi connectivity index (χ1) is 12.0. The number of hydrogen-bond donors (Lipinski definition) is 1. The number of fused-ring (bicyclic) bond motifs is 1. The standard InChI is InChI=1S/C22H27NO2/c1-14-12-15(2)21(16(3)13-14)23-22(24)17(4)25-20-11-7-9-18-8-5-6-10-19(18)20/h7,9,11-13,17H,5-6,8,10H2,1-4H3,(H,23,24)/t17-/m0/s1. The van der Waals surface area contributed by atoms with Crippen LogP contribution < -0.4 is 10.1 Å². The number of carbonyl (C=O) groups is 1. The largest absolute Gasteiger partial charge is 0.481 e. The Bertz CT molecular complexity index is 772. The first kappa shape index (κ1) is 17.5.